The number of methoxy groups -OCH3 is 1. The second kappa shape index (κ2) is 6.47. The van der Waals surface area contributed by atoms with E-state index >= 15 is 0 Å². The van der Waals surface area contributed by atoms with Gasteiger partial charge in [0.2, 0.25) is 0 Å². The highest BCUT2D eigenvalue weighted by Gasteiger charge is 2.19. The zero-order chi connectivity index (χ0) is 14.5. The van der Waals surface area contributed by atoms with E-state index in [4.69, 9.17) is 0 Å². The van der Waals surface area contributed by atoms with E-state index in [9.17, 15) is 18.0 Å². The first-order chi connectivity index (χ1) is 8.84. The van der Waals surface area contributed by atoms with Crippen LogP contribution in [0.1, 0.15) is 22.3 Å². The molecule has 0 spiro atoms. The van der Waals surface area contributed by atoms with Crippen LogP contribution in [0.2, 0.25) is 0 Å². The van der Waals surface area contributed by atoms with Crippen molar-refractivity contribution in [1.29, 1.82) is 0 Å². The van der Waals surface area contributed by atoms with Crippen LogP contribution in [-0.2, 0) is 19.4 Å². The zero-order valence-electron chi connectivity index (χ0n) is 10.9. The number of sulfone groups is 1. The average molecular weight is 284 g/mol. The van der Waals surface area contributed by atoms with Gasteiger partial charge in [0, 0.05) is 5.56 Å². The lowest BCUT2D eigenvalue weighted by Gasteiger charge is -2.04. The quantitative estimate of drug-likeness (QED) is 0.578. The van der Waals surface area contributed by atoms with Crippen LogP contribution < -0.4 is 0 Å². The number of ether oxygens (including phenoxy) is 1. The number of carbonyl (C=O) groups excluding carboxylic acids is 2. The molecule has 0 saturated heterocycles. The molecule has 1 aromatic rings. The molecular weight excluding hydrogens is 268 g/mol. The van der Waals surface area contributed by atoms with Crippen molar-refractivity contribution in [3.63, 3.8) is 0 Å². The van der Waals surface area contributed by atoms with E-state index in [0.717, 1.165) is 5.56 Å². The van der Waals surface area contributed by atoms with Gasteiger partial charge in [-0.15, -0.1) is 0 Å². The van der Waals surface area contributed by atoms with Crippen LogP contribution in [0.15, 0.2) is 24.3 Å². The number of hydrogen-bond donors (Lipinski definition) is 0. The van der Waals surface area contributed by atoms with Gasteiger partial charge < -0.3 is 4.74 Å². The second-order valence-electron chi connectivity index (χ2n) is 4.21. The predicted molar refractivity (Wildman–Crippen MR) is 70.8 cm³/mol. The van der Waals surface area contributed by atoms with Crippen LogP contribution in [0.3, 0.4) is 0 Å². The van der Waals surface area contributed by atoms with Crippen molar-refractivity contribution in [2.75, 3.05) is 18.6 Å². The van der Waals surface area contributed by atoms with Gasteiger partial charge in [0.05, 0.1) is 19.3 Å². The van der Waals surface area contributed by atoms with E-state index in [1.165, 1.54) is 7.11 Å². The lowest BCUT2D eigenvalue weighted by atomic mass is 10.1. The number of Topliss-reactive ketones (excluding diaryl/α,β-unsaturated/α-hetero) is 1. The maximum Gasteiger partial charge on any atom is 0.306 e. The largest absolute Gasteiger partial charge is 0.469 e. The van der Waals surface area contributed by atoms with Gasteiger partial charge in [-0.3, -0.25) is 9.59 Å². The zero-order valence-corrected chi connectivity index (χ0v) is 11.7. The van der Waals surface area contributed by atoms with E-state index < -0.39 is 27.3 Å². The number of carbonyl (C=O) groups is 2. The first kappa shape index (κ1) is 15.4. The third-order valence-corrected chi connectivity index (χ3v) is 4.06. The van der Waals surface area contributed by atoms with Crippen LogP contribution in [0.25, 0.3) is 0 Å². The highest BCUT2D eigenvalue weighted by atomic mass is 32.2. The van der Waals surface area contributed by atoms with Gasteiger partial charge in [-0.2, -0.15) is 0 Å². The average Bonchev–Trinajstić information content (AvgIpc) is 2.35. The van der Waals surface area contributed by atoms with Crippen molar-refractivity contribution in [1.82, 2.24) is 0 Å². The van der Waals surface area contributed by atoms with Crippen molar-refractivity contribution in [2.45, 2.75) is 13.3 Å². The maximum atomic E-state index is 11.8. The van der Waals surface area contributed by atoms with Crippen molar-refractivity contribution in [3.8, 4) is 0 Å². The lowest BCUT2D eigenvalue weighted by Crippen LogP contribution is -2.21. The molecule has 0 fully saturated rings. The van der Waals surface area contributed by atoms with Crippen LogP contribution in [0, 0.1) is 6.92 Å². The highest BCUT2D eigenvalue weighted by molar-refractivity contribution is 7.92. The second-order valence-corrected chi connectivity index (χ2v) is 6.39. The highest BCUT2D eigenvalue weighted by Crippen LogP contribution is 2.07. The van der Waals surface area contributed by atoms with E-state index in [1.807, 2.05) is 13.0 Å². The number of ketones is 1. The Labute approximate surface area is 112 Å². The Morgan fingerprint density at radius 1 is 1.26 bits per heavy atom. The molecule has 5 nitrogen and oxygen atoms in total. The Morgan fingerprint density at radius 3 is 2.53 bits per heavy atom. The molecule has 6 heteroatoms. The normalized spacial score (nSPS) is 11.1. The summed E-state index contributed by atoms with van der Waals surface area (Å²) in [6.45, 7) is 1.82. The van der Waals surface area contributed by atoms with Crippen molar-refractivity contribution in [3.05, 3.63) is 35.4 Å². The standard InChI is InChI=1S/C13H16O5S/c1-10-4-3-5-11(8-10)12(14)9-19(16,17)7-6-13(15)18-2/h3-5,8H,6-7,9H2,1-2H3. The van der Waals surface area contributed by atoms with E-state index in [-0.39, 0.29) is 12.2 Å². The minimum Gasteiger partial charge on any atom is -0.469 e. The molecule has 0 amide bonds. The van der Waals surface area contributed by atoms with Crippen LogP contribution in [0.5, 0.6) is 0 Å². The Kier molecular flexibility index (Phi) is 5.23. The molecule has 0 radical (unpaired) electrons. The molecule has 0 heterocycles. The fourth-order valence-corrected chi connectivity index (χ4v) is 2.70. The minimum atomic E-state index is -3.60. The summed E-state index contributed by atoms with van der Waals surface area (Å²) in [5, 5.41) is 0. The van der Waals surface area contributed by atoms with Gasteiger partial charge in [-0.1, -0.05) is 23.8 Å². The van der Waals surface area contributed by atoms with Crippen LogP contribution >= 0.6 is 0 Å². The molecule has 0 aromatic heterocycles. The lowest BCUT2D eigenvalue weighted by molar-refractivity contribution is -0.140. The van der Waals surface area contributed by atoms with Gasteiger partial charge in [0.1, 0.15) is 5.75 Å². The van der Waals surface area contributed by atoms with E-state index in [0.29, 0.717) is 5.56 Å². The number of benzene rings is 1. The monoisotopic (exact) mass is 284 g/mol. The molecule has 0 aliphatic carbocycles. The Morgan fingerprint density at radius 2 is 1.95 bits per heavy atom. The molecule has 0 bridgehead atoms. The molecule has 0 aliphatic rings. The van der Waals surface area contributed by atoms with E-state index in [2.05, 4.69) is 4.74 Å². The van der Waals surface area contributed by atoms with Crippen LogP contribution in [0.4, 0.5) is 0 Å². The number of esters is 1. The Bertz CT molecular complexity index is 574. The third kappa shape index (κ3) is 5.21. The first-order valence-corrected chi connectivity index (χ1v) is 7.53. The molecule has 1 rings (SSSR count). The van der Waals surface area contributed by atoms with Gasteiger partial charge in [-0.25, -0.2) is 8.42 Å². The van der Waals surface area contributed by atoms with Gasteiger partial charge >= 0.3 is 5.97 Å². The molecule has 0 N–H and O–H groups in total. The van der Waals surface area contributed by atoms with Crippen LogP contribution in [-0.4, -0.2) is 38.8 Å². The Hall–Kier alpha value is -1.69. The summed E-state index contributed by atoms with van der Waals surface area (Å²) in [7, 11) is -2.41. The first-order valence-electron chi connectivity index (χ1n) is 5.71. The Balaban J connectivity index is 2.68. The number of hydrogen-bond acceptors (Lipinski definition) is 5. The summed E-state index contributed by atoms with van der Waals surface area (Å²) in [6.07, 6.45) is -0.236. The summed E-state index contributed by atoms with van der Waals surface area (Å²) in [4.78, 5) is 22.7. The topological polar surface area (TPSA) is 77.5 Å². The van der Waals surface area contributed by atoms with Crippen molar-refractivity contribution < 1.29 is 22.7 Å². The minimum absolute atomic E-state index is 0.236. The van der Waals surface area contributed by atoms with Crippen molar-refractivity contribution >= 4 is 21.6 Å². The molecule has 0 unspecified atom stereocenters. The van der Waals surface area contributed by atoms with Gasteiger partial charge in [0.25, 0.3) is 0 Å². The summed E-state index contributed by atoms with van der Waals surface area (Å²) >= 11 is 0. The predicted octanol–water partition coefficient (Wildman–Crippen LogP) is 1.16. The molecule has 0 saturated carbocycles. The fourth-order valence-electron chi connectivity index (χ4n) is 1.51. The number of rotatable bonds is 6. The SMILES string of the molecule is COC(=O)CCS(=O)(=O)CC(=O)c1cccc(C)c1. The molecule has 104 valence electrons. The summed E-state index contributed by atoms with van der Waals surface area (Å²) < 4.78 is 27.7. The summed E-state index contributed by atoms with van der Waals surface area (Å²) in [5.41, 5.74) is 1.25. The summed E-state index contributed by atoms with van der Waals surface area (Å²) in [5.74, 6) is -2.04. The molecule has 0 aliphatic heterocycles. The molecule has 19 heavy (non-hydrogen) atoms. The smallest absolute Gasteiger partial charge is 0.306 e. The number of aryl methyl sites for hydroxylation is 1. The third-order valence-electron chi connectivity index (χ3n) is 2.54. The molecule has 0 atom stereocenters. The fraction of sp³-hybridized carbons (Fsp3) is 0.385. The summed E-state index contributed by atoms with van der Waals surface area (Å²) in [6, 6.07) is 6.73. The molecule has 1 aromatic carbocycles. The van der Waals surface area contributed by atoms with E-state index in [1.54, 1.807) is 18.2 Å². The van der Waals surface area contributed by atoms with Gasteiger partial charge in [0.15, 0.2) is 15.6 Å². The molecular formula is C13H16O5S. The van der Waals surface area contributed by atoms with Crippen molar-refractivity contribution in [2.24, 2.45) is 0 Å². The van der Waals surface area contributed by atoms with Gasteiger partial charge in [-0.05, 0) is 13.0 Å². The maximum absolute atomic E-state index is 11.8.